The number of hydrogen-bond donors (Lipinski definition) is 2. The van der Waals surface area contributed by atoms with Crippen LogP contribution in [0.2, 0.25) is 0 Å². The van der Waals surface area contributed by atoms with E-state index in [4.69, 9.17) is 5.84 Å². The van der Waals surface area contributed by atoms with E-state index in [9.17, 15) is 8.78 Å². The molecule has 1 fully saturated rings. The molecule has 0 aromatic heterocycles. The van der Waals surface area contributed by atoms with Gasteiger partial charge in [-0.05, 0) is 30.0 Å². The lowest BCUT2D eigenvalue weighted by atomic mass is 9.80. The van der Waals surface area contributed by atoms with Gasteiger partial charge in [-0.15, -0.1) is 0 Å². The highest BCUT2D eigenvalue weighted by atomic mass is 19.3. The maximum Gasteiger partial charge on any atom is 0.387 e. The van der Waals surface area contributed by atoms with Gasteiger partial charge in [-0.25, -0.2) is 0 Å². The van der Waals surface area contributed by atoms with Gasteiger partial charge < -0.3 is 4.74 Å². The van der Waals surface area contributed by atoms with Crippen molar-refractivity contribution in [3.05, 3.63) is 29.8 Å². The normalized spacial score (nSPS) is 17.6. The lowest BCUT2D eigenvalue weighted by Crippen LogP contribution is -2.31. The van der Waals surface area contributed by atoms with Crippen molar-refractivity contribution < 1.29 is 13.5 Å². The minimum atomic E-state index is -2.78. The molecule has 0 amide bonds. The van der Waals surface area contributed by atoms with Crippen molar-refractivity contribution in [3.63, 3.8) is 0 Å². The van der Waals surface area contributed by atoms with Gasteiger partial charge in [0.1, 0.15) is 5.75 Å². The third-order valence-electron chi connectivity index (χ3n) is 3.50. The van der Waals surface area contributed by atoms with Gasteiger partial charge in [-0.1, -0.05) is 31.4 Å². The predicted molar refractivity (Wildman–Crippen MR) is 65.1 cm³/mol. The van der Waals surface area contributed by atoms with Crippen LogP contribution in [-0.4, -0.2) is 6.61 Å². The van der Waals surface area contributed by atoms with Crippen LogP contribution in [0.4, 0.5) is 8.78 Å². The van der Waals surface area contributed by atoms with E-state index in [1.165, 1.54) is 19.3 Å². The van der Waals surface area contributed by atoms with Crippen molar-refractivity contribution in [2.75, 3.05) is 0 Å². The first-order valence-corrected chi connectivity index (χ1v) is 6.20. The van der Waals surface area contributed by atoms with Crippen molar-refractivity contribution in [3.8, 4) is 5.75 Å². The number of ether oxygens (including phenoxy) is 1. The lowest BCUT2D eigenvalue weighted by Gasteiger charge is -2.29. The van der Waals surface area contributed by atoms with Crippen LogP contribution in [0.3, 0.4) is 0 Å². The van der Waals surface area contributed by atoms with Crippen LogP contribution in [0.15, 0.2) is 24.3 Å². The van der Waals surface area contributed by atoms with Crippen LogP contribution < -0.4 is 16.0 Å². The molecule has 3 nitrogen and oxygen atoms in total. The number of rotatable bonds is 6. The fraction of sp³-hybridized carbons (Fsp3) is 0.538. The van der Waals surface area contributed by atoms with Crippen LogP contribution in [0.5, 0.6) is 5.75 Å². The molecule has 0 radical (unpaired) electrons. The van der Waals surface area contributed by atoms with Crippen molar-refractivity contribution in [2.24, 2.45) is 11.8 Å². The summed E-state index contributed by atoms with van der Waals surface area (Å²) in [5.74, 6) is 6.45. The van der Waals surface area contributed by atoms with E-state index in [-0.39, 0.29) is 11.8 Å². The molecule has 1 aliphatic rings. The third kappa shape index (κ3) is 3.40. The highest BCUT2D eigenvalue weighted by molar-refractivity contribution is 5.29. The van der Waals surface area contributed by atoms with Gasteiger partial charge >= 0.3 is 6.61 Å². The van der Waals surface area contributed by atoms with Crippen LogP contribution in [0.1, 0.15) is 37.3 Å². The molecule has 100 valence electrons. The van der Waals surface area contributed by atoms with Gasteiger partial charge in [0, 0.05) is 6.04 Å². The molecule has 1 saturated carbocycles. The van der Waals surface area contributed by atoms with Crippen molar-refractivity contribution in [1.29, 1.82) is 0 Å². The molecule has 1 aromatic carbocycles. The Morgan fingerprint density at radius 1 is 1.28 bits per heavy atom. The summed E-state index contributed by atoms with van der Waals surface area (Å²) in [5, 5.41) is 0. The van der Waals surface area contributed by atoms with Gasteiger partial charge in [0.05, 0.1) is 0 Å². The highest BCUT2D eigenvalue weighted by Crippen LogP contribution is 2.34. The van der Waals surface area contributed by atoms with E-state index in [1.54, 1.807) is 24.3 Å². The number of benzene rings is 1. The molecule has 2 rings (SSSR count). The number of hydrogen-bond acceptors (Lipinski definition) is 3. The summed E-state index contributed by atoms with van der Waals surface area (Å²) in [6.45, 7) is -2.78. The van der Waals surface area contributed by atoms with Gasteiger partial charge in [-0.2, -0.15) is 8.78 Å². The number of nitrogens with one attached hydrogen (secondary N) is 1. The van der Waals surface area contributed by atoms with Gasteiger partial charge in [-0.3, -0.25) is 11.3 Å². The Hall–Kier alpha value is -1.20. The second-order valence-corrected chi connectivity index (χ2v) is 4.70. The molecule has 1 aliphatic carbocycles. The average Bonchev–Trinajstić information content (AvgIpc) is 2.29. The lowest BCUT2D eigenvalue weighted by molar-refractivity contribution is -0.0498. The molecular weight excluding hydrogens is 238 g/mol. The molecule has 0 saturated heterocycles. The Morgan fingerprint density at radius 2 is 1.94 bits per heavy atom. The molecule has 1 atom stereocenters. The van der Waals surface area contributed by atoms with Gasteiger partial charge in [0.25, 0.3) is 0 Å². The maximum atomic E-state index is 12.0. The molecule has 3 N–H and O–H groups in total. The first-order valence-electron chi connectivity index (χ1n) is 6.20. The van der Waals surface area contributed by atoms with E-state index in [1.807, 2.05) is 0 Å². The molecule has 0 bridgehead atoms. The van der Waals surface area contributed by atoms with Crippen LogP contribution in [0.25, 0.3) is 0 Å². The Bertz CT molecular complexity index is 366. The quantitative estimate of drug-likeness (QED) is 0.607. The summed E-state index contributed by atoms with van der Waals surface area (Å²) in [7, 11) is 0. The minimum absolute atomic E-state index is 0.0795. The molecule has 1 unspecified atom stereocenters. The number of halogens is 2. The Balaban J connectivity index is 1.97. The first-order chi connectivity index (χ1) is 8.69. The summed E-state index contributed by atoms with van der Waals surface area (Å²) in [6.07, 6.45) is 4.80. The first kappa shape index (κ1) is 13.2. The zero-order valence-electron chi connectivity index (χ0n) is 10.1. The minimum Gasteiger partial charge on any atom is -0.435 e. The molecule has 0 aliphatic heterocycles. The SMILES string of the molecule is NNC(CC1CCC1)c1ccc(OC(F)F)cc1. The summed E-state index contributed by atoms with van der Waals surface area (Å²) in [5.41, 5.74) is 3.79. The molecule has 5 heteroatoms. The fourth-order valence-electron chi connectivity index (χ4n) is 2.24. The zero-order valence-corrected chi connectivity index (χ0v) is 10.1. The fourth-order valence-corrected chi connectivity index (χ4v) is 2.24. The summed E-state index contributed by atoms with van der Waals surface area (Å²) >= 11 is 0. The monoisotopic (exact) mass is 256 g/mol. The summed E-state index contributed by atoms with van der Waals surface area (Å²) in [4.78, 5) is 0. The van der Waals surface area contributed by atoms with Crippen molar-refractivity contribution >= 4 is 0 Å². The van der Waals surface area contributed by atoms with Crippen molar-refractivity contribution in [1.82, 2.24) is 5.43 Å². The second kappa shape index (κ2) is 6.11. The number of nitrogens with two attached hydrogens (primary N) is 1. The third-order valence-corrected chi connectivity index (χ3v) is 3.50. The molecule has 1 aromatic rings. The molecule has 0 spiro atoms. The standard InChI is InChI=1S/C13H18F2N2O/c14-13(15)18-11-6-4-10(5-7-11)12(17-16)8-9-2-1-3-9/h4-7,9,12-13,17H,1-3,8,16H2. The van der Waals surface area contributed by atoms with E-state index in [0.29, 0.717) is 0 Å². The van der Waals surface area contributed by atoms with Crippen molar-refractivity contribution in [2.45, 2.75) is 38.3 Å². The maximum absolute atomic E-state index is 12.0. The zero-order chi connectivity index (χ0) is 13.0. The van der Waals surface area contributed by atoms with Crippen LogP contribution in [0, 0.1) is 5.92 Å². The average molecular weight is 256 g/mol. The largest absolute Gasteiger partial charge is 0.435 e. The van der Waals surface area contributed by atoms with Gasteiger partial charge in [0.15, 0.2) is 0 Å². The summed E-state index contributed by atoms with van der Waals surface area (Å²) < 4.78 is 28.3. The number of alkyl halides is 2. The molecular formula is C13H18F2N2O. The summed E-state index contributed by atoms with van der Waals surface area (Å²) in [6, 6.07) is 6.73. The molecule has 0 heterocycles. The van der Waals surface area contributed by atoms with Gasteiger partial charge in [0.2, 0.25) is 0 Å². The molecule has 18 heavy (non-hydrogen) atoms. The van der Waals surface area contributed by atoms with E-state index < -0.39 is 6.61 Å². The van der Waals surface area contributed by atoms with Crippen LogP contribution >= 0.6 is 0 Å². The Kier molecular flexibility index (Phi) is 4.49. The van der Waals surface area contributed by atoms with E-state index in [0.717, 1.165) is 17.9 Å². The predicted octanol–water partition coefficient (Wildman–Crippen LogP) is 2.98. The number of hydrazine groups is 1. The second-order valence-electron chi connectivity index (χ2n) is 4.70. The topological polar surface area (TPSA) is 47.3 Å². The van der Waals surface area contributed by atoms with E-state index >= 15 is 0 Å². The Labute approximate surface area is 105 Å². The Morgan fingerprint density at radius 3 is 2.39 bits per heavy atom. The smallest absolute Gasteiger partial charge is 0.387 e. The van der Waals surface area contributed by atoms with E-state index in [2.05, 4.69) is 10.2 Å². The van der Waals surface area contributed by atoms with Crippen LogP contribution in [-0.2, 0) is 0 Å². The highest BCUT2D eigenvalue weighted by Gasteiger charge is 2.22.